The number of thioether (sulfide) groups is 1. The van der Waals surface area contributed by atoms with Crippen LogP contribution in [0.2, 0.25) is 5.02 Å². The van der Waals surface area contributed by atoms with Gasteiger partial charge in [-0.25, -0.2) is 17.5 Å². The highest BCUT2D eigenvalue weighted by Gasteiger charge is 2.42. The van der Waals surface area contributed by atoms with E-state index in [-0.39, 0.29) is 21.9 Å². The predicted octanol–water partition coefficient (Wildman–Crippen LogP) is 2.15. The lowest BCUT2D eigenvalue weighted by atomic mass is 10.2. The van der Waals surface area contributed by atoms with Gasteiger partial charge in [-0.2, -0.15) is 11.8 Å². The normalized spacial score (nSPS) is 17.2. The first-order valence-electron chi connectivity index (χ1n) is 5.97. The Morgan fingerprint density at radius 3 is 2.65 bits per heavy atom. The Morgan fingerprint density at radius 2 is 2.15 bits per heavy atom. The molecule has 2 N–H and O–H groups in total. The van der Waals surface area contributed by atoms with Crippen molar-refractivity contribution in [2.75, 3.05) is 12.8 Å². The second kappa shape index (κ2) is 5.81. The van der Waals surface area contributed by atoms with Gasteiger partial charge in [0.05, 0.1) is 6.61 Å². The number of sulfonamides is 1. The zero-order chi connectivity index (χ0) is 15.0. The van der Waals surface area contributed by atoms with Gasteiger partial charge in [-0.05, 0) is 31.2 Å². The average molecular weight is 340 g/mol. The van der Waals surface area contributed by atoms with E-state index in [2.05, 4.69) is 4.72 Å². The van der Waals surface area contributed by atoms with Crippen LogP contribution >= 0.6 is 23.4 Å². The highest BCUT2D eigenvalue weighted by atomic mass is 35.5. The minimum Gasteiger partial charge on any atom is -0.392 e. The molecule has 0 aliphatic heterocycles. The molecular formula is C12H15ClFNO3S2. The third kappa shape index (κ3) is 3.28. The summed E-state index contributed by atoms with van der Waals surface area (Å²) >= 11 is 7.36. The number of rotatable bonds is 6. The molecule has 4 nitrogen and oxygen atoms in total. The summed E-state index contributed by atoms with van der Waals surface area (Å²) in [4.78, 5) is -0.522. The van der Waals surface area contributed by atoms with E-state index in [4.69, 9.17) is 16.7 Å². The third-order valence-corrected chi connectivity index (χ3v) is 6.40. The first-order valence-corrected chi connectivity index (χ1v) is 9.06. The number of benzene rings is 1. The number of aliphatic hydroxyl groups is 1. The molecule has 1 aliphatic rings. The maximum Gasteiger partial charge on any atom is 0.243 e. The Hall–Kier alpha value is -0.340. The van der Waals surface area contributed by atoms with Gasteiger partial charge < -0.3 is 5.11 Å². The fourth-order valence-electron chi connectivity index (χ4n) is 1.83. The van der Waals surface area contributed by atoms with E-state index in [0.717, 1.165) is 18.9 Å². The molecule has 0 unspecified atom stereocenters. The Kier molecular flexibility index (Phi) is 4.66. The quantitative estimate of drug-likeness (QED) is 0.833. The molecule has 112 valence electrons. The minimum atomic E-state index is -3.98. The molecule has 0 saturated heterocycles. The molecule has 1 fully saturated rings. The maximum atomic E-state index is 14.0. The zero-order valence-electron chi connectivity index (χ0n) is 10.8. The molecular weight excluding hydrogens is 325 g/mol. The zero-order valence-corrected chi connectivity index (χ0v) is 13.2. The second-order valence-corrected chi connectivity index (χ2v) is 8.19. The molecule has 1 aromatic carbocycles. The number of nitrogens with one attached hydrogen (secondary N) is 1. The van der Waals surface area contributed by atoms with Gasteiger partial charge in [-0.3, -0.25) is 0 Å². The van der Waals surface area contributed by atoms with Crippen molar-refractivity contribution in [3.05, 3.63) is 28.5 Å². The number of hydrogen-bond acceptors (Lipinski definition) is 4. The smallest absolute Gasteiger partial charge is 0.243 e. The van der Waals surface area contributed by atoms with E-state index in [1.54, 1.807) is 11.8 Å². The molecule has 0 atom stereocenters. The number of halogens is 2. The predicted molar refractivity (Wildman–Crippen MR) is 78.0 cm³/mol. The lowest BCUT2D eigenvalue weighted by molar-refractivity contribution is 0.274. The second-order valence-electron chi connectivity index (χ2n) is 4.75. The van der Waals surface area contributed by atoms with Crippen LogP contribution in [0.3, 0.4) is 0 Å². The van der Waals surface area contributed by atoms with Gasteiger partial charge in [-0.15, -0.1) is 0 Å². The standard InChI is InChI=1S/C12H15ClFNO3S2/c1-19-12(2-3-12)7-15-20(17,18)10-5-9(13)4-8(6-16)11(10)14/h4-5,15-16H,2-3,6-7H2,1H3. The van der Waals surface area contributed by atoms with Gasteiger partial charge in [0.25, 0.3) is 0 Å². The Bertz CT molecular complexity index is 617. The van der Waals surface area contributed by atoms with Crippen molar-refractivity contribution < 1.29 is 17.9 Å². The van der Waals surface area contributed by atoms with E-state index < -0.39 is 27.3 Å². The van der Waals surface area contributed by atoms with Crippen molar-refractivity contribution in [1.82, 2.24) is 4.72 Å². The van der Waals surface area contributed by atoms with Crippen molar-refractivity contribution >= 4 is 33.4 Å². The Labute approximate surface area is 126 Å². The van der Waals surface area contributed by atoms with Crippen LogP contribution in [0.1, 0.15) is 18.4 Å². The van der Waals surface area contributed by atoms with E-state index in [9.17, 15) is 12.8 Å². The summed E-state index contributed by atoms with van der Waals surface area (Å²) in [5.41, 5.74) is -0.135. The SMILES string of the molecule is CSC1(CNS(=O)(=O)c2cc(Cl)cc(CO)c2F)CC1. The Morgan fingerprint density at radius 1 is 1.50 bits per heavy atom. The van der Waals surface area contributed by atoms with Gasteiger partial charge in [0.2, 0.25) is 10.0 Å². The first-order chi connectivity index (χ1) is 9.33. The fourth-order valence-corrected chi connectivity index (χ4v) is 4.22. The summed E-state index contributed by atoms with van der Waals surface area (Å²) in [6.07, 6.45) is 3.80. The van der Waals surface area contributed by atoms with Crippen molar-refractivity contribution in [2.45, 2.75) is 29.1 Å². The van der Waals surface area contributed by atoms with Crippen LogP contribution in [0.4, 0.5) is 4.39 Å². The van der Waals surface area contributed by atoms with Gasteiger partial charge in [0.1, 0.15) is 10.7 Å². The number of hydrogen-bond donors (Lipinski definition) is 2. The molecule has 2 rings (SSSR count). The van der Waals surface area contributed by atoms with E-state index in [1.165, 1.54) is 6.07 Å². The van der Waals surface area contributed by atoms with Crippen LogP contribution in [-0.2, 0) is 16.6 Å². The lowest BCUT2D eigenvalue weighted by Gasteiger charge is -2.14. The summed E-state index contributed by atoms with van der Waals surface area (Å²) in [5.74, 6) is -0.960. The van der Waals surface area contributed by atoms with E-state index in [0.29, 0.717) is 0 Å². The van der Waals surface area contributed by atoms with Crippen LogP contribution in [0.25, 0.3) is 0 Å². The van der Waals surface area contributed by atoms with Gasteiger partial charge in [0, 0.05) is 21.9 Å². The molecule has 1 aromatic rings. The number of aliphatic hydroxyl groups excluding tert-OH is 1. The molecule has 8 heteroatoms. The molecule has 1 saturated carbocycles. The Balaban J connectivity index is 2.27. The first kappa shape index (κ1) is 16.0. The highest BCUT2D eigenvalue weighted by Crippen LogP contribution is 2.46. The van der Waals surface area contributed by atoms with Crippen LogP contribution in [0.15, 0.2) is 17.0 Å². The molecule has 20 heavy (non-hydrogen) atoms. The monoisotopic (exact) mass is 339 g/mol. The lowest BCUT2D eigenvalue weighted by Crippen LogP contribution is -2.32. The largest absolute Gasteiger partial charge is 0.392 e. The van der Waals surface area contributed by atoms with Crippen LogP contribution in [-0.4, -0.2) is 31.1 Å². The fraction of sp³-hybridized carbons (Fsp3) is 0.500. The van der Waals surface area contributed by atoms with E-state index in [1.807, 2.05) is 6.26 Å². The van der Waals surface area contributed by atoms with Gasteiger partial charge >= 0.3 is 0 Å². The molecule has 0 radical (unpaired) electrons. The summed E-state index contributed by atoms with van der Waals surface area (Å²) in [7, 11) is -3.98. The third-order valence-electron chi connectivity index (χ3n) is 3.36. The van der Waals surface area contributed by atoms with E-state index >= 15 is 0 Å². The highest BCUT2D eigenvalue weighted by molar-refractivity contribution is 8.00. The van der Waals surface area contributed by atoms with Crippen LogP contribution < -0.4 is 4.72 Å². The van der Waals surface area contributed by atoms with Gasteiger partial charge in [-0.1, -0.05) is 11.6 Å². The van der Waals surface area contributed by atoms with Crippen molar-refractivity contribution in [1.29, 1.82) is 0 Å². The summed E-state index contributed by atoms with van der Waals surface area (Å²) in [6, 6.07) is 2.26. The average Bonchev–Trinajstić information content (AvgIpc) is 3.19. The van der Waals surface area contributed by atoms with Gasteiger partial charge in [0.15, 0.2) is 0 Å². The summed E-state index contributed by atoms with van der Waals surface area (Å²) in [5, 5.41) is 9.09. The molecule has 1 aliphatic carbocycles. The van der Waals surface area contributed by atoms with Crippen molar-refractivity contribution in [3.8, 4) is 0 Å². The molecule has 0 amide bonds. The minimum absolute atomic E-state index is 0.0675. The summed E-state index contributed by atoms with van der Waals surface area (Å²) in [6.45, 7) is -0.347. The molecule has 0 aromatic heterocycles. The van der Waals surface area contributed by atoms with Crippen molar-refractivity contribution in [3.63, 3.8) is 0 Å². The van der Waals surface area contributed by atoms with Crippen LogP contribution in [0, 0.1) is 5.82 Å². The maximum absolute atomic E-state index is 14.0. The van der Waals surface area contributed by atoms with Crippen LogP contribution in [0.5, 0.6) is 0 Å². The van der Waals surface area contributed by atoms with Crippen molar-refractivity contribution in [2.24, 2.45) is 0 Å². The molecule has 0 bridgehead atoms. The summed E-state index contributed by atoms with van der Waals surface area (Å²) < 4.78 is 40.7. The molecule has 0 heterocycles. The topological polar surface area (TPSA) is 66.4 Å². The molecule has 0 spiro atoms.